The lowest BCUT2D eigenvalue weighted by Gasteiger charge is -2.35. The van der Waals surface area contributed by atoms with Crippen molar-refractivity contribution in [3.63, 3.8) is 0 Å². The summed E-state index contributed by atoms with van der Waals surface area (Å²) in [6.07, 6.45) is -1.19. The molecule has 1 atom stereocenters. The molecular weight excluding hydrogens is 453 g/mol. The van der Waals surface area contributed by atoms with Gasteiger partial charge in [-0.1, -0.05) is 41.4 Å². The first kappa shape index (κ1) is 22.1. The van der Waals surface area contributed by atoms with Crippen molar-refractivity contribution < 1.29 is 14.8 Å². The van der Waals surface area contributed by atoms with E-state index in [1.165, 1.54) is 18.2 Å². The molecule has 0 spiro atoms. The molecule has 0 saturated carbocycles. The minimum Gasteiger partial charge on any atom is -0.464 e. The van der Waals surface area contributed by atoms with Crippen LogP contribution < -0.4 is 4.90 Å². The lowest BCUT2D eigenvalue weighted by molar-refractivity contribution is -0.384. The fraction of sp³-hybridized carbons (Fsp3) is 0.174. The number of hydrogen-bond donors (Lipinski definition) is 1. The number of rotatable bonds is 4. The van der Waals surface area contributed by atoms with Crippen molar-refractivity contribution >= 4 is 46.4 Å². The summed E-state index contributed by atoms with van der Waals surface area (Å²) in [7, 11) is 1.92. The van der Waals surface area contributed by atoms with Gasteiger partial charge in [-0.3, -0.25) is 10.1 Å². The fourth-order valence-corrected chi connectivity index (χ4v) is 4.75. The van der Waals surface area contributed by atoms with Gasteiger partial charge in [-0.05, 0) is 54.1 Å². The number of amides is 1. The molecule has 0 radical (unpaired) electrons. The summed E-state index contributed by atoms with van der Waals surface area (Å²) < 4.78 is 0. The normalized spacial score (nSPS) is 15.8. The number of fused-ring (bicyclic) bond motifs is 1. The first-order valence-corrected chi connectivity index (χ1v) is 10.5. The van der Waals surface area contributed by atoms with E-state index in [2.05, 4.69) is 0 Å². The summed E-state index contributed by atoms with van der Waals surface area (Å²) in [5.41, 5.74) is 2.87. The van der Waals surface area contributed by atoms with Gasteiger partial charge in [-0.25, -0.2) is 9.69 Å². The highest BCUT2D eigenvalue weighted by Gasteiger charge is 2.32. The van der Waals surface area contributed by atoms with Crippen LogP contribution in [0.1, 0.15) is 22.6 Å². The molecule has 0 aromatic heterocycles. The highest BCUT2D eigenvalue weighted by atomic mass is 35.5. The molecule has 7 nitrogen and oxygen atoms in total. The van der Waals surface area contributed by atoms with Crippen molar-refractivity contribution in [2.24, 2.45) is 0 Å². The van der Waals surface area contributed by atoms with Gasteiger partial charge in [0.05, 0.1) is 16.3 Å². The second kappa shape index (κ2) is 8.78. The Morgan fingerprint density at radius 1 is 1.12 bits per heavy atom. The van der Waals surface area contributed by atoms with Gasteiger partial charge in [0, 0.05) is 41.2 Å². The highest BCUT2D eigenvalue weighted by molar-refractivity contribution is 6.35. The fourth-order valence-electron chi connectivity index (χ4n) is 4.18. The number of carbonyl (C=O) groups is 1. The summed E-state index contributed by atoms with van der Waals surface area (Å²) in [6.45, 7) is 1.10. The number of halogens is 2. The Balaban J connectivity index is 1.98. The molecule has 0 aliphatic carbocycles. The number of non-ortho nitro benzene ring substituents is 1. The number of nitro benzene ring substituents is 1. The van der Waals surface area contributed by atoms with Gasteiger partial charge in [0.15, 0.2) is 0 Å². The Morgan fingerprint density at radius 3 is 2.50 bits per heavy atom. The van der Waals surface area contributed by atoms with Crippen LogP contribution in [0, 0.1) is 10.1 Å². The maximum atomic E-state index is 12.3. The molecule has 32 heavy (non-hydrogen) atoms. The van der Waals surface area contributed by atoms with Crippen molar-refractivity contribution in [1.29, 1.82) is 0 Å². The summed E-state index contributed by atoms with van der Waals surface area (Å²) >= 11 is 12.8. The van der Waals surface area contributed by atoms with Crippen LogP contribution in [-0.2, 0) is 6.54 Å². The van der Waals surface area contributed by atoms with E-state index in [1.54, 1.807) is 42.5 Å². The SMILES string of the molecule is CN1Cc2c(Cl)cc(Cl)cc2[C@H](c2cc([N+](=O)[O-])ccc2N(C(=O)O)c2ccccc2)C1. The third-order valence-corrected chi connectivity index (χ3v) is 6.09. The average Bonchev–Trinajstić information content (AvgIpc) is 2.74. The lowest BCUT2D eigenvalue weighted by atomic mass is 9.83. The standard InChI is InChI=1S/C23H19Cl2N3O4/c1-26-12-19(17-9-14(24)10-21(25)20(17)13-26)18-11-16(28(31)32)7-8-22(18)27(23(29)30)15-5-3-2-4-6-15/h2-11,19H,12-13H2,1H3,(H,29,30)/t19-/m1/s1. The molecule has 9 heteroatoms. The third kappa shape index (κ3) is 4.14. The minimum atomic E-state index is -1.19. The van der Waals surface area contributed by atoms with E-state index in [-0.39, 0.29) is 11.6 Å². The van der Waals surface area contributed by atoms with Crippen LogP contribution in [0.2, 0.25) is 10.0 Å². The van der Waals surface area contributed by atoms with E-state index >= 15 is 0 Å². The van der Waals surface area contributed by atoms with Gasteiger partial charge in [-0.15, -0.1) is 0 Å². The molecular formula is C23H19Cl2N3O4. The zero-order valence-corrected chi connectivity index (χ0v) is 18.5. The monoisotopic (exact) mass is 471 g/mol. The predicted octanol–water partition coefficient (Wildman–Crippen LogP) is 6.30. The molecule has 1 N–H and O–H groups in total. The molecule has 1 aliphatic rings. The molecule has 0 bridgehead atoms. The van der Waals surface area contributed by atoms with E-state index in [0.717, 1.165) is 16.0 Å². The van der Waals surface area contributed by atoms with Crippen LogP contribution in [0.3, 0.4) is 0 Å². The number of carboxylic acid groups (broad SMARTS) is 1. The van der Waals surface area contributed by atoms with Crippen LogP contribution in [0.5, 0.6) is 0 Å². The van der Waals surface area contributed by atoms with Gasteiger partial charge in [0.2, 0.25) is 0 Å². The quantitative estimate of drug-likeness (QED) is 0.356. The molecule has 164 valence electrons. The van der Waals surface area contributed by atoms with E-state index < -0.39 is 11.0 Å². The van der Waals surface area contributed by atoms with Crippen LogP contribution in [0.25, 0.3) is 0 Å². The van der Waals surface area contributed by atoms with Crippen LogP contribution in [-0.4, -0.2) is 34.6 Å². The lowest BCUT2D eigenvalue weighted by Crippen LogP contribution is -2.33. The summed E-state index contributed by atoms with van der Waals surface area (Å²) in [4.78, 5) is 26.6. The third-order valence-electron chi connectivity index (χ3n) is 5.54. The molecule has 3 aromatic rings. The molecule has 0 unspecified atom stereocenters. The largest absolute Gasteiger partial charge is 0.464 e. The van der Waals surface area contributed by atoms with Crippen LogP contribution >= 0.6 is 23.2 Å². The first-order valence-electron chi connectivity index (χ1n) is 9.79. The number of anilines is 2. The Kier molecular flexibility index (Phi) is 6.06. The van der Waals surface area contributed by atoms with Crippen molar-refractivity contribution in [3.05, 3.63) is 97.5 Å². The number of benzene rings is 3. The van der Waals surface area contributed by atoms with Crippen molar-refractivity contribution in [1.82, 2.24) is 4.90 Å². The van der Waals surface area contributed by atoms with Gasteiger partial charge in [0.1, 0.15) is 0 Å². The van der Waals surface area contributed by atoms with Crippen LogP contribution in [0.4, 0.5) is 21.9 Å². The number of hydrogen-bond acceptors (Lipinski definition) is 4. The van der Waals surface area contributed by atoms with Crippen molar-refractivity contribution in [2.75, 3.05) is 18.5 Å². The maximum Gasteiger partial charge on any atom is 0.416 e. The number of nitro groups is 1. The summed E-state index contributed by atoms with van der Waals surface area (Å²) in [5, 5.41) is 22.6. The van der Waals surface area contributed by atoms with E-state index in [1.807, 2.05) is 11.9 Å². The topological polar surface area (TPSA) is 86.9 Å². The number of likely N-dealkylation sites (N-methyl/N-ethyl adjacent to an activating group) is 1. The molecule has 0 fully saturated rings. The molecule has 1 heterocycles. The highest BCUT2D eigenvalue weighted by Crippen LogP contribution is 2.43. The summed E-state index contributed by atoms with van der Waals surface area (Å²) in [6, 6.07) is 16.3. The second-order valence-electron chi connectivity index (χ2n) is 7.66. The van der Waals surface area contributed by atoms with Crippen LogP contribution in [0.15, 0.2) is 60.7 Å². The van der Waals surface area contributed by atoms with Crippen molar-refractivity contribution in [3.8, 4) is 0 Å². The zero-order chi connectivity index (χ0) is 23.0. The van der Waals surface area contributed by atoms with Gasteiger partial charge >= 0.3 is 6.09 Å². The second-order valence-corrected chi connectivity index (χ2v) is 8.50. The molecule has 4 rings (SSSR count). The van der Waals surface area contributed by atoms with Gasteiger partial charge < -0.3 is 10.0 Å². The van der Waals surface area contributed by atoms with E-state index in [0.29, 0.717) is 40.1 Å². The minimum absolute atomic E-state index is 0.120. The Bertz CT molecular complexity index is 1200. The first-order chi connectivity index (χ1) is 15.3. The van der Waals surface area contributed by atoms with Gasteiger partial charge in [0.25, 0.3) is 5.69 Å². The molecule has 0 saturated heterocycles. The van der Waals surface area contributed by atoms with Crippen molar-refractivity contribution in [2.45, 2.75) is 12.5 Å². The molecule has 1 amide bonds. The van der Waals surface area contributed by atoms with E-state index in [4.69, 9.17) is 23.2 Å². The number of para-hydroxylation sites is 1. The smallest absolute Gasteiger partial charge is 0.416 e. The Hall–Kier alpha value is -3.13. The zero-order valence-electron chi connectivity index (χ0n) is 17.0. The predicted molar refractivity (Wildman–Crippen MR) is 124 cm³/mol. The Labute approximate surface area is 194 Å². The summed E-state index contributed by atoms with van der Waals surface area (Å²) in [5.74, 6) is -0.375. The van der Waals surface area contributed by atoms with E-state index in [9.17, 15) is 20.0 Å². The van der Waals surface area contributed by atoms with Gasteiger partial charge in [-0.2, -0.15) is 0 Å². The number of nitrogens with zero attached hydrogens (tertiary/aromatic N) is 3. The Morgan fingerprint density at radius 2 is 1.84 bits per heavy atom. The molecule has 1 aliphatic heterocycles. The molecule has 3 aromatic carbocycles. The maximum absolute atomic E-state index is 12.3. The average molecular weight is 472 g/mol.